The molecule has 5 heterocycles. The first kappa shape index (κ1) is 16.6. The van der Waals surface area contributed by atoms with E-state index in [0.29, 0.717) is 5.92 Å². The number of fused-ring (bicyclic) bond motifs is 1. The Morgan fingerprint density at radius 2 is 1.85 bits per heavy atom. The predicted octanol–water partition coefficient (Wildman–Crippen LogP) is 1.81. The van der Waals surface area contributed by atoms with Gasteiger partial charge >= 0.3 is 0 Å². The third-order valence-corrected chi connectivity index (χ3v) is 5.63. The molecule has 2 aliphatic heterocycles. The zero-order chi connectivity index (χ0) is 18.2. The molecule has 5 rings (SSSR count). The van der Waals surface area contributed by atoms with E-state index < -0.39 is 0 Å². The zero-order valence-corrected chi connectivity index (χ0v) is 15.6. The molecule has 8 heteroatoms. The van der Waals surface area contributed by atoms with E-state index in [2.05, 4.69) is 36.0 Å². The summed E-state index contributed by atoms with van der Waals surface area (Å²) >= 11 is 0. The Kier molecular flexibility index (Phi) is 4.20. The number of likely N-dealkylation sites (tertiary alicyclic amines) is 1. The summed E-state index contributed by atoms with van der Waals surface area (Å²) in [6, 6.07) is 4.08. The van der Waals surface area contributed by atoms with Gasteiger partial charge in [-0.2, -0.15) is 4.52 Å². The summed E-state index contributed by atoms with van der Waals surface area (Å²) in [5, 5.41) is 13.6. The Labute approximate surface area is 158 Å². The summed E-state index contributed by atoms with van der Waals surface area (Å²) in [5.41, 5.74) is 2.83. The van der Waals surface area contributed by atoms with Crippen LogP contribution in [-0.2, 0) is 6.54 Å². The molecular weight excluding hydrogens is 340 g/mol. The highest BCUT2D eigenvalue weighted by molar-refractivity contribution is 5.47. The average Bonchev–Trinajstić information content (AvgIpc) is 3.06. The van der Waals surface area contributed by atoms with Crippen LogP contribution in [-0.4, -0.2) is 60.9 Å². The Morgan fingerprint density at radius 1 is 1.00 bits per heavy atom. The highest BCUT2D eigenvalue weighted by Crippen LogP contribution is 2.28. The molecule has 0 saturated carbocycles. The molecule has 2 aliphatic rings. The lowest BCUT2D eigenvalue weighted by Gasteiger charge is -2.32. The molecule has 8 nitrogen and oxygen atoms in total. The molecule has 0 aliphatic carbocycles. The minimum atomic E-state index is 0.402. The Hall–Kier alpha value is -2.61. The van der Waals surface area contributed by atoms with Crippen LogP contribution in [0.15, 0.2) is 24.5 Å². The maximum absolute atomic E-state index is 4.81. The second kappa shape index (κ2) is 6.84. The van der Waals surface area contributed by atoms with Crippen molar-refractivity contribution < 1.29 is 0 Å². The third kappa shape index (κ3) is 3.25. The van der Waals surface area contributed by atoms with Crippen LogP contribution in [0.5, 0.6) is 0 Å². The molecule has 140 valence electrons. The number of hydrogen-bond acceptors (Lipinski definition) is 7. The van der Waals surface area contributed by atoms with E-state index in [1.807, 2.05) is 29.9 Å². The molecule has 0 spiro atoms. The fourth-order valence-corrected chi connectivity index (χ4v) is 3.84. The second-order valence-corrected chi connectivity index (χ2v) is 7.56. The van der Waals surface area contributed by atoms with Crippen LogP contribution < -0.4 is 4.90 Å². The van der Waals surface area contributed by atoms with Gasteiger partial charge in [0, 0.05) is 37.9 Å². The van der Waals surface area contributed by atoms with Crippen LogP contribution in [0.25, 0.3) is 5.65 Å². The minimum absolute atomic E-state index is 0.402. The highest BCUT2D eigenvalue weighted by Gasteiger charge is 2.26. The first-order valence-corrected chi connectivity index (χ1v) is 9.73. The number of aromatic nitrogens is 6. The van der Waals surface area contributed by atoms with E-state index in [-0.39, 0.29) is 0 Å². The zero-order valence-electron chi connectivity index (χ0n) is 15.6. The molecule has 0 amide bonds. The third-order valence-electron chi connectivity index (χ3n) is 5.63. The molecule has 0 N–H and O–H groups in total. The summed E-state index contributed by atoms with van der Waals surface area (Å²) in [5.74, 6) is 2.44. The lowest BCUT2D eigenvalue weighted by atomic mass is 9.96. The Balaban J connectivity index is 1.28. The summed E-state index contributed by atoms with van der Waals surface area (Å²) in [6.07, 6.45) is 7.10. The van der Waals surface area contributed by atoms with Crippen LogP contribution >= 0.6 is 0 Å². The van der Waals surface area contributed by atoms with Gasteiger partial charge in [-0.05, 0) is 51.4 Å². The first-order chi connectivity index (χ1) is 13.3. The van der Waals surface area contributed by atoms with Gasteiger partial charge in [-0.3, -0.25) is 14.9 Å². The van der Waals surface area contributed by atoms with Gasteiger partial charge in [-0.25, -0.2) is 0 Å². The SMILES string of the molecule is Cc1cnc(CN2CCC(c3nnc4ccc(N5CCC5)nn34)CC2)cn1. The maximum Gasteiger partial charge on any atom is 0.178 e. The lowest BCUT2D eigenvalue weighted by molar-refractivity contribution is 0.198. The number of anilines is 1. The molecule has 3 aromatic heterocycles. The molecule has 0 radical (unpaired) electrons. The molecular formula is C19H24N8. The topological polar surface area (TPSA) is 75.3 Å². The largest absolute Gasteiger partial charge is 0.355 e. The molecule has 0 aromatic carbocycles. The standard InChI is InChI=1S/C19H24N8/c1-14-11-21-16(12-20-14)13-25-9-5-15(6-10-25)19-23-22-17-3-4-18(24-27(17)19)26-7-2-8-26/h3-4,11-12,15H,2,5-10,13H2,1H3. The van der Waals surface area contributed by atoms with Crippen molar-refractivity contribution in [2.45, 2.75) is 38.6 Å². The van der Waals surface area contributed by atoms with E-state index in [4.69, 9.17) is 5.10 Å². The predicted molar refractivity (Wildman–Crippen MR) is 102 cm³/mol. The monoisotopic (exact) mass is 364 g/mol. The van der Waals surface area contributed by atoms with Crippen molar-refractivity contribution in [3.8, 4) is 0 Å². The normalized spacial score (nSPS) is 18.8. The van der Waals surface area contributed by atoms with Gasteiger partial charge in [-0.1, -0.05) is 0 Å². The molecule has 0 unspecified atom stereocenters. The Morgan fingerprint density at radius 3 is 2.56 bits per heavy atom. The van der Waals surface area contributed by atoms with Crippen LogP contribution in [0, 0.1) is 6.92 Å². The van der Waals surface area contributed by atoms with E-state index in [1.165, 1.54) is 6.42 Å². The summed E-state index contributed by atoms with van der Waals surface area (Å²) in [7, 11) is 0. The summed E-state index contributed by atoms with van der Waals surface area (Å²) in [6.45, 7) is 7.07. The maximum atomic E-state index is 4.81. The van der Waals surface area contributed by atoms with Crippen molar-refractivity contribution >= 4 is 11.5 Å². The van der Waals surface area contributed by atoms with Crippen molar-refractivity contribution in [1.29, 1.82) is 0 Å². The first-order valence-electron chi connectivity index (χ1n) is 9.73. The Bertz CT molecular complexity index is 923. The van der Waals surface area contributed by atoms with Gasteiger partial charge in [0.2, 0.25) is 0 Å². The summed E-state index contributed by atoms with van der Waals surface area (Å²) < 4.78 is 1.96. The molecule has 3 aromatic rings. The van der Waals surface area contributed by atoms with Gasteiger partial charge in [0.1, 0.15) is 5.82 Å². The second-order valence-electron chi connectivity index (χ2n) is 7.56. The van der Waals surface area contributed by atoms with Crippen LogP contribution in [0.2, 0.25) is 0 Å². The van der Waals surface area contributed by atoms with Crippen LogP contribution in [0.3, 0.4) is 0 Å². The lowest BCUT2D eigenvalue weighted by Crippen LogP contribution is -2.38. The van der Waals surface area contributed by atoms with Gasteiger partial charge in [-0.15, -0.1) is 15.3 Å². The van der Waals surface area contributed by atoms with Crippen LogP contribution in [0.1, 0.15) is 42.4 Å². The summed E-state index contributed by atoms with van der Waals surface area (Å²) in [4.78, 5) is 13.6. The molecule has 2 fully saturated rings. The molecule has 2 saturated heterocycles. The minimum Gasteiger partial charge on any atom is -0.355 e. The number of aryl methyl sites for hydroxylation is 1. The van der Waals surface area contributed by atoms with Crippen molar-refractivity contribution in [1.82, 2.24) is 34.7 Å². The van der Waals surface area contributed by atoms with E-state index in [9.17, 15) is 0 Å². The fourth-order valence-electron chi connectivity index (χ4n) is 3.84. The number of hydrogen-bond donors (Lipinski definition) is 0. The van der Waals surface area contributed by atoms with Crippen molar-refractivity contribution in [3.05, 3.63) is 41.7 Å². The smallest absolute Gasteiger partial charge is 0.178 e. The number of rotatable bonds is 4. The number of piperidine rings is 1. The van der Waals surface area contributed by atoms with Gasteiger partial charge in [0.05, 0.1) is 11.4 Å². The highest BCUT2D eigenvalue weighted by atomic mass is 15.4. The van der Waals surface area contributed by atoms with E-state index in [0.717, 1.165) is 74.2 Å². The fraction of sp³-hybridized carbons (Fsp3) is 0.526. The van der Waals surface area contributed by atoms with E-state index >= 15 is 0 Å². The molecule has 27 heavy (non-hydrogen) atoms. The van der Waals surface area contributed by atoms with Crippen molar-refractivity contribution in [2.24, 2.45) is 0 Å². The van der Waals surface area contributed by atoms with Gasteiger partial charge < -0.3 is 4.90 Å². The van der Waals surface area contributed by atoms with Crippen molar-refractivity contribution in [3.63, 3.8) is 0 Å². The van der Waals surface area contributed by atoms with Gasteiger partial charge in [0.25, 0.3) is 0 Å². The average molecular weight is 364 g/mol. The van der Waals surface area contributed by atoms with Crippen LogP contribution in [0.4, 0.5) is 5.82 Å². The molecule has 0 atom stereocenters. The quantitative estimate of drug-likeness (QED) is 0.699. The van der Waals surface area contributed by atoms with E-state index in [1.54, 1.807) is 0 Å². The number of nitrogens with zero attached hydrogens (tertiary/aromatic N) is 8. The molecule has 0 bridgehead atoms. The van der Waals surface area contributed by atoms with Gasteiger partial charge in [0.15, 0.2) is 11.5 Å². The van der Waals surface area contributed by atoms with Crippen molar-refractivity contribution in [2.75, 3.05) is 31.1 Å².